The number of nitrogens with zero attached hydrogens (tertiary/aromatic N) is 1. The lowest BCUT2D eigenvalue weighted by Gasteiger charge is -2.33. The summed E-state index contributed by atoms with van der Waals surface area (Å²) in [6.45, 7) is 0.273. The highest BCUT2D eigenvalue weighted by molar-refractivity contribution is 8.01. The molecule has 0 radical (unpaired) electrons. The molecule has 0 saturated heterocycles. The SMILES string of the molecule is c1ccc2c(c1)Sc1ccc(-c3nc4ccc5ccccc5c4s3)c3c1B2c1ccccc1S3. The first-order valence-corrected chi connectivity index (χ1v) is 13.8. The molecule has 8 rings (SSSR count). The molecular weight excluding hydrogens is 469 g/mol. The topological polar surface area (TPSA) is 12.9 Å². The van der Waals surface area contributed by atoms with Crippen LogP contribution < -0.4 is 16.4 Å². The van der Waals surface area contributed by atoms with Gasteiger partial charge in [-0.15, -0.1) is 11.3 Å². The highest BCUT2D eigenvalue weighted by Gasteiger charge is 2.39. The summed E-state index contributed by atoms with van der Waals surface area (Å²) in [5.74, 6) is 0. The molecule has 0 unspecified atom stereocenters. The highest BCUT2D eigenvalue weighted by Crippen LogP contribution is 2.45. The van der Waals surface area contributed by atoms with E-state index in [0.29, 0.717) is 0 Å². The minimum absolute atomic E-state index is 0.273. The molecule has 0 aliphatic carbocycles. The highest BCUT2D eigenvalue weighted by atomic mass is 32.2. The van der Waals surface area contributed by atoms with Crippen molar-refractivity contribution in [1.82, 2.24) is 4.98 Å². The fourth-order valence-electron chi connectivity index (χ4n) is 5.32. The van der Waals surface area contributed by atoms with Crippen LogP contribution in [0.4, 0.5) is 0 Å². The minimum atomic E-state index is 0.273. The predicted octanol–water partition coefficient (Wildman–Crippen LogP) is 6.56. The summed E-state index contributed by atoms with van der Waals surface area (Å²) in [4.78, 5) is 10.6. The summed E-state index contributed by atoms with van der Waals surface area (Å²) in [6.07, 6.45) is 0. The predicted molar refractivity (Wildman–Crippen MR) is 148 cm³/mol. The number of benzene rings is 5. The first-order valence-electron chi connectivity index (χ1n) is 11.3. The Morgan fingerprint density at radius 2 is 1.35 bits per heavy atom. The second kappa shape index (κ2) is 7.26. The van der Waals surface area contributed by atoms with Gasteiger partial charge >= 0.3 is 0 Å². The molecule has 3 heterocycles. The van der Waals surface area contributed by atoms with Crippen LogP contribution in [-0.2, 0) is 0 Å². The number of aromatic nitrogens is 1. The van der Waals surface area contributed by atoms with Crippen LogP contribution in [0.15, 0.2) is 117 Å². The standard InChI is InChI=1S/C29H16BNS3/c1-2-8-18-17(7-1)13-15-22-27(18)34-29(31-22)19-14-16-25-26-28(19)33-24-12-6-4-10-21(24)30(26)20-9-3-5-11-23(20)32-25/h1-16H. The van der Waals surface area contributed by atoms with Crippen LogP contribution in [0.25, 0.3) is 31.6 Å². The van der Waals surface area contributed by atoms with Gasteiger partial charge in [0.25, 0.3) is 0 Å². The Bertz CT molecular complexity index is 1780. The maximum atomic E-state index is 5.14. The van der Waals surface area contributed by atoms with Gasteiger partial charge in [0, 0.05) is 30.5 Å². The van der Waals surface area contributed by atoms with E-state index in [9.17, 15) is 0 Å². The number of thiazole rings is 1. The van der Waals surface area contributed by atoms with E-state index in [0.717, 1.165) is 10.5 Å². The minimum Gasteiger partial charge on any atom is -0.236 e. The Hall–Kier alpha value is -2.99. The lowest BCUT2D eigenvalue weighted by molar-refractivity contribution is 1.32. The van der Waals surface area contributed by atoms with Crippen LogP contribution in [0, 0.1) is 0 Å². The molecular formula is C29H16BNS3. The Balaban J connectivity index is 1.40. The van der Waals surface area contributed by atoms with Crippen LogP contribution in [0.5, 0.6) is 0 Å². The molecule has 158 valence electrons. The second-order valence-corrected chi connectivity index (χ2v) is 11.9. The zero-order valence-corrected chi connectivity index (χ0v) is 20.4. The summed E-state index contributed by atoms with van der Waals surface area (Å²) in [5, 5.41) is 3.67. The molecule has 0 N–H and O–H groups in total. The smallest absolute Gasteiger partial charge is 0.236 e. The van der Waals surface area contributed by atoms with Crippen molar-refractivity contribution in [2.45, 2.75) is 19.6 Å². The maximum Gasteiger partial charge on any atom is 0.247 e. The van der Waals surface area contributed by atoms with Gasteiger partial charge in [-0.3, -0.25) is 0 Å². The van der Waals surface area contributed by atoms with E-state index in [1.807, 2.05) is 34.9 Å². The van der Waals surface area contributed by atoms with Crippen LogP contribution in [0.3, 0.4) is 0 Å². The molecule has 0 saturated carbocycles. The Morgan fingerprint density at radius 1 is 0.618 bits per heavy atom. The monoisotopic (exact) mass is 485 g/mol. The molecule has 5 heteroatoms. The molecule has 0 atom stereocenters. The molecule has 0 bridgehead atoms. The summed E-state index contributed by atoms with van der Waals surface area (Å²) in [7, 11) is 0. The molecule has 1 nitrogen and oxygen atoms in total. The number of fused-ring (bicyclic) bond motifs is 7. The van der Waals surface area contributed by atoms with Gasteiger partial charge in [0.05, 0.1) is 10.2 Å². The number of hydrogen-bond acceptors (Lipinski definition) is 4. The third kappa shape index (κ3) is 2.69. The molecule has 2 aliphatic rings. The van der Waals surface area contributed by atoms with Crippen molar-refractivity contribution < 1.29 is 0 Å². The lowest BCUT2D eigenvalue weighted by atomic mass is 9.36. The summed E-state index contributed by atoms with van der Waals surface area (Å²) >= 11 is 5.64. The van der Waals surface area contributed by atoms with Crippen molar-refractivity contribution in [1.29, 1.82) is 0 Å². The second-order valence-electron chi connectivity index (χ2n) is 8.72. The molecule has 2 aliphatic heterocycles. The van der Waals surface area contributed by atoms with Gasteiger partial charge in [-0.05, 0) is 41.2 Å². The van der Waals surface area contributed by atoms with E-state index in [1.54, 1.807) is 0 Å². The Morgan fingerprint density at radius 3 is 2.21 bits per heavy atom. The van der Waals surface area contributed by atoms with Crippen LogP contribution in [-0.4, -0.2) is 11.7 Å². The van der Waals surface area contributed by atoms with Crippen molar-refractivity contribution in [3.8, 4) is 10.6 Å². The van der Waals surface area contributed by atoms with E-state index in [4.69, 9.17) is 4.98 Å². The number of rotatable bonds is 1. The van der Waals surface area contributed by atoms with Gasteiger partial charge in [-0.1, -0.05) is 101 Å². The maximum absolute atomic E-state index is 5.14. The van der Waals surface area contributed by atoms with E-state index in [-0.39, 0.29) is 6.71 Å². The summed E-state index contributed by atoms with van der Waals surface area (Å²) < 4.78 is 1.27. The zero-order chi connectivity index (χ0) is 22.2. The van der Waals surface area contributed by atoms with E-state index >= 15 is 0 Å². The van der Waals surface area contributed by atoms with E-state index in [1.165, 1.54) is 57.0 Å². The Labute approximate surface area is 210 Å². The van der Waals surface area contributed by atoms with Crippen molar-refractivity contribution >= 4 is 79.0 Å². The molecule has 34 heavy (non-hydrogen) atoms. The van der Waals surface area contributed by atoms with Crippen molar-refractivity contribution in [3.63, 3.8) is 0 Å². The van der Waals surface area contributed by atoms with Crippen LogP contribution >= 0.6 is 34.9 Å². The average Bonchev–Trinajstić information content (AvgIpc) is 3.33. The van der Waals surface area contributed by atoms with Crippen LogP contribution in [0.1, 0.15) is 0 Å². The molecule has 0 fully saturated rings. The van der Waals surface area contributed by atoms with Crippen molar-refractivity contribution in [2.24, 2.45) is 0 Å². The van der Waals surface area contributed by atoms with Gasteiger partial charge in [0.15, 0.2) is 0 Å². The van der Waals surface area contributed by atoms with Gasteiger partial charge < -0.3 is 0 Å². The van der Waals surface area contributed by atoms with Gasteiger partial charge in [0.2, 0.25) is 6.71 Å². The molecule has 1 aromatic heterocycles. The molecule has 0 amide bonds. The van der Waals surface area contributed by atoms with Gasteiger partial charge in [0.1, 0.15) is 5.01 Å². The molecule has 5 aromatic carbocycles. The zero-order valence-electron chi connectivity index (χ0n) is 18.0. The lowest BCUT2D eigenvalue weighted by Crippen LogP contribution is -2.58. The van der Waals surface area contributed by atoms with Crippen molar-refractivity contribution in [2.75, 3.05) is 0 Å². The first-order chi connectivity index (χ1) is 16.8. The fraction of sp³-hybridized carbons (Fsp3) is 0. The normalized spacial score (nSPS) is 13.6. The largest absolute Gasteiger partial charge is 0.247 e. The quantitative estimate of drug-likeness (QED) is 0.245. The fourth-order valence-corrected chi connectivity index (χ4v) is 9.02. The summed E-state index contributed by atoms with van der Waals surface area (Å²) in [6, 6.07) is 35.4. The Kier molecular flexibility index (Phi) is 4.13. The average molecular weight is 485 g/mol. The first kappa shape index (κ1) is 19.3. The molecule has 0 spiro atoms. The van der Waals surface area contributed by atoms with E-state index < -0.39 is 0 Å². The summed E-state index contributed by atoms with van der Waals surface area (Å²) in [5.41, 5.74) is 6.63. The van der Waals surface area contributed by atoms with Crippen molar-refractivity contribution in [3.05, 3.63) is 97.1 Å². The van der Waals surface area contributed by atoms with Crippen LogP contribution in [0.2, 0.25) is 0 Å². The third-order valence-electron chi connectivity index (χ3n) is 6.85. The van der Waals surface area contributed by atoms with Gasteiger partial charge in [-0.25, -0.2) is 4.98 Å². The third-order valence-corrected chi connectivity index (χ3v) is 10.4. The molecule has 6 aromatic rings. The van der Waals surface area contributed by atoms with E-state index in [2.05, 4.69) is 97.1 Å². The van der Waals surface area contributed by atoms with Gasteiger partial charge in [-0.2, -0.15) is 0 Å². The number of hydrogen-bond donors (Lipinski definition) is 0.